The summed E-state index contributed by atoms with van der Waals surface area (Å²) >= 11 is 0. The van der Waals surface area contributed by atoms with Gasteiger partial charge in [-0.25, -0.2) is 0 Å². The number of carbonyl (C=O) groups is 1. The molecule has 2 rings (SSSR count). The van der Waals surface area contributed by atoms with Gasteiger partial charge in [-0.05, 0) is 12.1 Å². The van der Waals surface area contributed by atoms with Gasteiger partial charge >= 0.3 is 0 Å². The first kappa shape index (κ1) is 11.1. The van der Waals surface area contributed by atoms with Crippen molar-refractivity contribution < 1.29 is 9.53 Å². The van der Waals surface area contributed by atoms with Crippen molar-refractivity contribution >= 4 is 5.78 Å². The van der Waals surface area contributed by atoms with Gasteiger partial charge in [-0.1, -0.05) is 49.0 Å². The van der Waals surface area contributed by atoms with Gasteiger partial charge in [0, 0.05) is 5.56 Å². The lowest BCUT2D eigenvalue weighted by Crippen LogP contribution is -2.03. The van der Waals surface area contributed by atoms with E-state index in [0.717, 1.165) is 0 Å². The van der Waals surface area contributed by atoms with Gasteiger partial charge in [0.25, 0.3) is 0 Å². The number of hydrogen-bond donors (Lipinski definition) is 0. The molecule has 84 valence electrons. The summed E-state index contributed by atoms with van der Waals surface area (Å²) in [5.74, 6) is 0.472. The summed E-state index contributed by atoms with van der Waals surface area (Å²) in [6.45, 7) is 3.50. The molecule has 2 aromatic carbocycles. The molecule has 0 N–H and O–H groups in total. The molecule has 0 aliphatic heterocycles. The third-order valence-corrected chi connectivity index (χ3v) is 2.38. The minimum absolute atomic E-state index is 0.0527. The van der Waals surface area contributed by atoms with E-state index in [9.17, 15) is 4.79 Å². The zero-order valence-corrected chi connectivity index (χ0v) is 9.30. The van der Waals surface area contributed by atoms with Crippen molar-refractivity contribution in [1.29, 1.82) is 0 Å². The molecule has 0 spiro atoms. The molecule has 0 unspecified atom stereocenters. The maximum Gasteiger partial charge on any atom is 0.196 e. The predicted molar refractivity (Wildman–Crippen MR) is 67.1 cm³/mol. The highest BCUT2D eigenvalue weighted by Crippen LogP contribution is 2.21. The van der Waals surface area contributed by atoms with Gasteiger partial charge in [-0.2, -0.15) is 0 Å². The third-order valence-electron chi connectivity index (χ3n) is 2.38. The van der Waals surface area contributed by atoms with E-state index in [1.165, 1.54) is 6.26 Å². The van der Waals surface area contributed by atoms with Gasteiger partial charge in [-0.3, -0.25) is 4.79 Å². The van der Waals surface area contributed by atoms with E-state index in [1.807, 2.05) is 30.3 Å². The molecule has 2 nitrogen and oxygen atoms in total. The van der Waals surface area contributed by atoms with Crippen LogP contribution < -0.4 is 4.74 Å². The Morgan fingerprint density at radius 3 is 2.35 bits per heavy atom. The van der Waals surface area contributed by atoms with E-state index >= 15 is 0 Å². The van der Waals surface area contributed by atoms with Gasteiger partial charge in [0.1, 0.15) is 5.75 Å². The molecule has 0 fully saturated rings. The van der Waals surface area contributed by atoms with Crippen molar-refractivity contribution in [3.63, 3.8) is 0 Å². The van der Waals surface area contributed by atoms with Crippen LogP contribution in [0.25, 0.3) is 0 Å². The van der Waals surface area contributed by atoms with E-state index in [-0.39, 0.29) is 5.78 Å². The fourth-order valence-electron chi connectivity index (χ4n) is 1.59. The summed E-state index contributed by atoms with van der Waals surface area (Å²) in [7, 11) is 0. The average Bonchev–Trinajstić information content (AvgIpc) is 2.40. The quantitative estimate of drug-likeness (QED) is 0.587. The first-order valence-corrected chi connectivity index (χ1v) is 5.29. The van der Waals surface area contributed by atoms with Gasteiger partial charge < -0.3 is 4.74 Å². The van der Waals surface area contributed by atoms with E-state index in [4.69, 9.17) is 4.74 Å². The number of ether oxygens (including phenoxy) is 1. The van der Waals surface area contributed by atoms with Crippen LogP contribution >= 0.6 is 0 Å². The summed E-state index contributed by atoms with van der Waals surface area (Å²) in [6.07, 6.45) is 1.32. The molecule has 0 bridgehead atoms. The van der Waals surface area contributed by atoms with E-state index in [2.05, 4.69) is 6.58 Å². The second-order valence-electron chi connectivity index (χ2n) is 3.48. The normalized spacial score (nSPS) is 9.65. The lowest BCUT2D eigenvalue weighted by molar-refractivity contribution is 0.103. The summed E-state index contributed by atoms with van der Waals surface area (Å²) in [6, 6.07) is 16.2. The van der Waals surface area contributed by atoms with Gasteiger partial charge in [0.15, 0.2) is 5.78 Å². The Bertz CT molecular complexity index is 530. The minimum Gasteiger partial charge on any atom is -0.465 e. The minimum atomic E-state index is -0.0527. The molecule has 0 atom stereocenters. The van der Waals surface area contributed by atoms with Crippen LogP contribution in [0, 0.1) is 0 Å². The summed E-state index contributed by atoms with van der Waals surface area (Å²) in [5.41, 5.74) is 1.19. The van der Waals surface area contributed by atoms with Crippen molar-refractivity contribution in [3.05, 3.63) is 78.6 Å². The second kappa shape index (κ2) is 5.12. The number of rotatable bonds is 4. The van der Waals surface area contributed by atoms with Crippen LogP contribution in [0.4, 0.5) is 0 Å². The Morgan fingerprint density at radius 2 is 1.65 bits per heavy atom. The van der Waals surface area contributed by atoms with Crippen molar-refractivity contribution in [2.24, 2.45) is 0 Å². The zero-order valence-electron chi connectivity index (χ0n) is 9.30. The van der Waals surface area contributed by atoms with Crippen molar-refractivity contribution in [2.45, 2.75) is 0 Å². The largest absolute Gasteiger partial charge is 0.465 e. The molecule has 0 saturated carbocycles. The van der Waals surface area contributed by atoms with Crippen LogP contribution in [0.15, 0.2) is 67.4 Å². The second-order valence-corrected chi connectivity index (χ2v) is 3.48. The highest BCUT2D eigenvalue weighted by atomic mass is 16.5. The Hall–Kier alpha value is -2.35. The molecule has 0 saturated heterocycles. The number of hydrogen-bond acceptors (Lipinski definition) is 2. The molecule has 2 aromatic rings. The third kappa shape index (κ3) is 2.42. The molecule has 2 heteroatoms. The molecule has 17 heavy (non-hydrogen) atoms. The van der Waals surface area contributed by atoms with E-state index < -0.39 is 0 Å². The Kier molecular flexibility index (Phi) is 3.36. The predicted octanol–water partition coefficient (Wildman–Crippen LogP) is 3.44. The molecule has 0 radical (unpaired) electrons. The highest BCUT2D eigenvalue weighted by Gasteiger charge is 2.13. The SMILES string of the molecule is C=COc1ccccc1C(=O)c1ccccc1. The Morgan fingerprint density at radius 1 is 1.00 bits per heavy atom. The van der Waals surface area contributed by atoms with Crippen molar-refractivity contribution in [2.75, 3.05) is 0 Å². The highest BCUT2D eigenvalue weighted by molar-refractivity contribution is 6.10. The summed E-state index contributed by atoms with van der Waals surface area (Å²) in [4.78, 5) is 12.2. The lowest BCUT2D eigenvalue weighted by Gasteiger charge is -2.06. The summed E-state index contributed by atoms with van der Waals surface area (Å²) < 4.78 is 5.22. The number of benzene rings is 2. The van der Waals surface area contributed by atoms with Crippen LogP contribution in [0.5, 0.6) is 5.75 Å². The molecule has 0 aliphatic carbocycles. The standard InChI is InChI=1S/C15H12O2/c1-2-17-14-11-7-6-10-13(14)15(16)12-8-4-3-5-9-12/h2-11H,1H2. The van der Waals surface area contributed by atoms with Crippen molar-refractivity contribution in [1.82, 2.24) is 0 Å². The van der Waals surface area contributed by atoms with Crippen LogP contribution in [-0.2, 0) is 0 Å². The summed E-state index contributed by atoms with van der Waals surface area (Å²) in [5, 5.41) is 0. The first-order valence-electron chi connectivity index (χ1n) is 5.29. The molecule has 0 heterocycles. The maximum atomic E-state index is 12.2. The van der Waals surface area contributed by atoms with E-state index in [1.54, 1.807) is 24.3 Å². The molecular formula is C15H12O2. The maximum absolute atomic E-state index is 12.2. The fourth-order valence-corrected chi connectivity index (χ4v) is 1.59. The molecule has 0 aliphatic rings. The molecule has 0 aromatic heterocycles. The Balaban J connectivity index is 2.40. The smallest absolute Gasteiger partial charge is 0.196 e. The fraction of sp³-hybridized carbons (Fsp3) is 0. The number of para-hydroxylation sites is 1. The van der Waals surface area contributed by atoms with Gasteiger partial charge in [0.2, 0.25) is 0 Å². The monoisotopic (exact) mass is 224 g/mol. The van der Waals surface area contributed by atoms with E-state index in [0.29, 0.717) is 16.9 Å². The van der Waals surface area contributed by atoms with Gasteiger partial charge in [0.05, 0.1) is 11.8 Å². The molecule has 0 amide bonds. The van der Waals surface area contributed by atoms with Crippen molar-refractivity contribution in [3.8, 4) is 5.75 Å². The zero-order chi connectivity index (χ0) is 12.1. The van der Waals surface area contributed by atoms with Crippen LogP contribution in [0.2, 0.25) is 0 Å². The van der Waals surface area contributed by atoms with Crippen LogP contribution in [0.1, 0.15) is 15.9 Å². The average molecular weight is 224 g/mol. The van der Waals surface area contributed by atoms with Crippen LogP contribution in [0.3, 0.4) is 0 Å². The molecular weight excluding hydrogens is 212 g/mol. The lowest BCUT2D eigenvalue weighted by atomic mass is 10.0. The topological polar surface area (TPSA) is 26.3 Å². The van der Waals surface area contributed by atoms with Gasteiger partial charge in [-0.15, -0.1) is 0 Å². The first-order chi connectivity index (χ1) is 8.33. The Labute approximate surface area is 100 Å². The number of ketones is 1. The number of carbonyl (C=O) groups excluding carboxylic acids is 1. The van der Waals surface area contributed by atoms with Crippen LogP contribution in [-0.4, -0.2) is 5.78 Å².